The van der Waals surface area contributed by atoms with E-state index < -0.39 is 0 Å². The van der Waals surface area contributed by atoms with E-state index in [0.717, 1.165) is 24.3 Å². The van der Waals surface area contributed by atoms with E-state index in [4.69, 9.17) is 4.74 Å². The number of nitrogens with one attached hydrogen (secondary N) is 2. The number of rotatable bonds is 3. The highest BCUT2D eigenvalue weighted by molar-refractivity contribution is 5.88. The Labute approximate surface area is 120 Å². The number of hydrogen-bond donors (Lipinski definition) is 2. The van der Waals surface area contributed by atoms with Crippen LogP contribution < -0.4 is 15.5 Å². The Hall–Kier alpha value is -1.75. The number of ether oxygens (including phenoxy) is 1. The van der Waals surface area contributed by atoms with Gasteiger partial charge in [0.2, 0.25) is 0 Å². The molecule has 1 aliphatic heterocycles. The van der Waals surface area contributed by atoms with Crippen LogP contribution in [0.5, 0.6) is 5.75 Å². The summed E-state index contributed by atoms with van der Waals surface area (Å²) in [6, 6.07) is 7.84. The number of carbonyl (C=O) groups is 1. The summed E-state index contributed by atoms with van der Waals surface area (Å²) in [5.41, 5.74) is 3.70. The minimum absolute atomic E-state index is 0.198. The highest BCUT2D eigenvalue weighted by atomic mass is 16.5. The molecule has 1 aromatic carbocycles. The van der Waals surface area contributed by atoms with E-state index in [-0.39, 0.29) is 6.03 Å². The van der Waals surface area contributed by atoms with Crippen LogP contribution in [0.1, 0.15) is 33.1 Å². The summed E-state index contributed by atoms with van der Waals surface area (Å²) in [6.07, 6.45) is 3.46. The second kappa shape index (κ2) is 6.61. The van der Waals surface area contributed by atoms with E-state index in [2.05, 4.69) is 24.6 Å². The van der Waals surface area contributed by atoms with Crippen molar-refractivity contribution in [2.75, 3.05) is 12.4 Å². The van der Waals surface area contributed by atoms with Crippen LogP contribution in [0.4, 0.5) is 10.5 Å². The van der Waals surface area contributed by atoms with Crippen LogP contribution in [-0.4, -0.2) is 30.2 Å². The average molecular weight is 277 g/mol. The van der Waals surface area contributed by atoms with Crippen LogP contribution >= 0.6 is 0 Å². The van der Waals surface area contributed by atoms with Gasteiger partial charge in [0, 0.05) is 17.8 Å². The monoisotopic (exact) mass is 277 g/mol. The van der Waals surface area contributed by atoms with Crippen molar-refractivity contribution in [2.45, 2.75) is 45.2 Å². The van der Waals surface area contributed by atoms with E-state index in [0.29, 0.717) is 12.1 Å². The maximum absolute atomic E-state index is 12.0. The van der Waals surface area contributed by atoms with Gasteiger partial charge in [-0.25, -0.2) is 9.80 Å². The molecule has 0 spiro atoms. The van der Waals surface area contributed by atoms with Crippen LogP contribution in [0.3, 0.4) is 0 Å². The summed E-state index contributed by atoms with van der Waals surface area (Å²) in [5, 5.41) is 4.88. The highest BCUT2D eigenvalue weighted by Crippen LogP contribution is 2.20. The Morgan fingerprint density at radius 3 is 2.35 bits per heavy atom. The fourth-order valence-corrected chi connectivity index (χ4v) is 2.59. The molecule has 0 aliphatic carbocycles. The molecule has 2 rings (SSSR count). The zero-order valence-corrected chi connectivity index (χ0v) is 12.3. The summed E-state index contributed by atoms with van der Waals surface area (Å²) in [7, 11) is 1.62. The van der Waals surface area contributed by atoms with Crippen molar-refractivity contribution in [1.82, 2.24) is 10.4 Å². The minimum Gasteiger partial charge on any atom is -0.497 e. The fourth-order valence-electron chi connectivity index (χ4n) is 2.59. The molecule has 110 valence electrons. The fraction of sp³-hybridized carbons (Fsp3) is 0.533. The first-order valence-electron chi connectivity index (χ1n) is 7.10. The molecule has 20 heavy (non-hydrogen) atoms. The van der Waals surface area contributed by atoms with Gasteiger partial charge < -0.3 is 10.1 Å². The van der Waals surface area contributed by atoms with Crippen molar-refractivity contribution in [3.05, 3.63) is 24.3 Å². The molecule has 2 amide bonds. The lowest BCUT2D eigenvalue weighted by molar-refractivity contribution is 0.0625. The first kappa shape index (κ1) is 14.7. The van der Waals surface area contributed by atoms with E-state index in [1.165, 1.54) is 6.42 Å². The molecule has 1 fully saturated rings. The molecule has 2 atom stereocenters. The molecule has 0 aromatic heterocycles. The number of urea groups is 1. The SMILES string of the molecule is COc1ccc(NC(=O)NN2C(C)CCCC2C)cc1. The van der Waals surface area contributed by atoms with Crippen molar-refractivity contribution in [1.29, 1.82) is 0 Å². The topological polar surface area (TPSA) is 53.6 Å². The van der Waals surface area contributed by atoms with Crippen molar-refractivity contribution in [3.63, 3.8) is 0 Å². The Bertz CT molecular complexity index is 437. The first-order chi connectivity index (χ1) is 9.60. The molecule has 1 heterocycles. The largest absolute Gasteiger partial charge is 0.497 e. The third-order valence-corrected chi connectivity index (χ3v) is 3.77. The number of piperidine rings is 1. The predicted molar refractivity (Wildman–Crippen MR) is 79.8 cm³/mol. The lowest BCUT2D eigenvalue weighted by Gasteiger charge is -2.38. The number of hydrazine groups is 1. The summed E-state index contributed by atoms with van der Waals surface area (Å²) in [4.78, 5) is 12.0. The van der Waals surface area contributed by atoms with Gasteiger partial charge in [0.1, 0.15) is 5.75 Å². The van der Waals surface area contributed by atoms with Crippen LogP contribution in [0, 0.1) is 0 Å². The molecule has 0 bridgehead atoms. The summed E-state index contributed by atoms with van der Waals surface area (Å²) < 4.78 is 5.09. The number of nitrogens with zero attached hydrogens (tertiary/aromatic N) is 1. The standard InChI is InChI=1S/C15H23N3O2/c1-11-5-4-6-12(2)18(11)17-15(19)16-13-7-9-14(20-3)10-8-13/h7-12H,4-6H2,1-3H3,(H2,16,17,19). The number of anilines is 1. The van der Waals surface area contributed by atoms with Gasteiger partial charge in [-0.1, -0.05) is 6.42 Å². The Balaban J connectivity index is 1.90. The molecule has 2 N–H and O–H groups in total. The molecule has 1 aliphatic rings. The minimum atomic E-state index is -0.198. The third-order valence-electron chi connectivity index (χ3n) is 3.77. The van der Waals surface area contributed by atoms with Gasteiger partial charge in [0.25, 0.3) is 0 Å². The lowest BCUT2D eigenvalue weighted by Crippen LogP contribution is -2.55. The molecular weight excluding hydrogens is 254 g/mol. The normalized spacial score (nSPS) is 23.1. The van der Waals surface area contributed by atoms with Gasteiger partial charge in [-0.2, -0.15) is 0 Å². The predicted octanol–water partition coefficient (Wildman–Crippen LogP) is 2.99. The maximum Gasteiger partial charge on any atom is 0.333 e. The second-order valence-electron chi connectivity index (χ2n) is 5.33. The van der Waals surface area contributed by atoms with Crippen molar-refractivity contribution in [2.24, 2.45) is 0 Å². The molecular formula is C15H23N3O2. The van der Waals surface area contributed by atoms with Crippen molar-refractivity contribution in [3.8, 4) is 5.75 Å². The molecule has 5 nitrogen and oxygen atoms in total. The first-order valence-corrected chi connectivity index (χ1v) is 7.10. The van der Waals surface area contributed by atoms with Gasteiger partial charge in [-0.3, -0.25) is 5.43 Å². The zero-order valence-electron chi connectivity index (χ0n) is 12.3. The van der Waals surface area contributed by atoms with Crippen molar-refractivity contribution >= 4 is 11.7 Å². The number of amides is 2. The summed E-state index contributed by atoms with van der Waals surface area (Å²) >= 11 is 0. The average Bonchev–Trinajstić information content (AvgIpc) is 2.44. The third kappa shape index (κ3) is 3.63. The Kier molecular flexibility index (Phi) is 4.84. The van der Waals surface area contributed by atoms with Gasteiger partial charge in [0.05, 0.1) is 7.11 Å². The van der Waals surface area contributed by atoms with Crippen LogP contribution in [0.15, 0.2) is 24.3 Å². The van der Waals surface area contributed by atoms with Crippen molar-refractivity contribution < 1.29 is 9.53 Å². The van der Waals surface area contributed by atoms with Crippen LogP contribution in [-0.2, 0) is 0 Å². The van der Waals surface area contributed by atoms with Gasteiger partial charge >= 0.3 is 6.03 Å². The molecule has 5 heteroatoms. The molecule has 0 radical (unpaired) electrons. The zero-order chi connectivity index (χ0) is 14.5. The summed E-state index contributed by atoms with van der Waals surface area (Å²) in [5.74, 6) is 0.772. The maximum atomic E-state index is 12.0. The quantitative estimate of drug-likeness (QED) is 0.893. The van der Waals surface area contributed by atoms with E-state index in [1.807, 2.05) is 29.3 Å². The van der Waals surface area contributed by atoms with Gasteiger partial charge in [0.15, 0.2) is 0 Å². The Morgan fingerprint density at radius 2 is 1.80 bits per heavy atom. The van der Waals surface area contributed by atoms with E-state index >= 15 is 0 Å². The lowest BCUT2D eigenvalue weighted by atomic mass is 10.00. The molecule has 1 saturated heterocycles. The van der Waals surface area contributed by atoms with E-state index in [9.17, 15) is 4.79 Å². The number of carbonyl (C=O) groups excluding carboxylic acids is 1. The number of hydrogen-bond acceptors (Lipinski definition) is 3. The molecule has 2 unspecified atom stereocenters. The molecule has 0 saturated carbocycles. The second-order valence-corrected chi connectivity index (χ2v) is 5.33. The number of methoxy groups -OCH3 is 1. The highest BCUT2D eigenvalue weighted by Gasteiger charge is 2.25. The van der Waals surface area contributed by atoms with Crippen LogP contribution in [0.25, 0.3) is 0 Å². The molecule has 1 aromatic rings. The number of benzene rings is 1. The summed E-state index contributed by atoms with van der Waals surface area (Å²) in [6.45, 7) is 4.28. The smallest absolute Gasteiger partial charge is 0.333 e. The van der Waals surface area contributed by atoms with Gasteiger partial charge in [-0.05, 0) is 51.0 Å². The van der Waals surface area contributed by atoms with Crippen LogP contribution in [0.2, 0.25) is 0 Å². The van der Waals surface area contributed by atoms with E-state index in [1.54, 1.807) is 7.11 Å². The van der Waals surface area contributed by atoms with Gasteiger partial charge in [-0.15, -0.1) is 0 Å². The Morgan fingerprint density at radius 1 is 1.20 bits per heavy atom.